The predicted octanol–water partition coefficient (Wildman–Crippen LogP) is 2.33. The largest absolute Gasteiger partial charge is 0.396 e. The molecule has 0 aliphatic carbocycles. The highest BCUT2D eigenvalue weighted by molar-refractivity contribution is 6.30. The van der Waals surface area contributed by atoms with Crippen molar-refractivity contribution in [1.29, 1.82) is 0 Å². The number of nitrogens with zero attached hydrogens (tertiary/aromatic N) is 3. The molecule has 30 heavy (non-hydrogen) atoms. The van der Waals surface area contributed by atoms with Crippen molar-refractivity contribution in [2.75, 3.05) is 19.7 Å². The Labute approximate surface area is 181 Å². The van der Waals surface area contributed by atoms with Crippen molar-refractivity contribution < 1.29 is 9.90 Å². The monoisotopic (exact) mass is 427 g/mol. The van der Waals surface area contributed by atoms with Gasteiger partial charge in [0.2, 0.25) is 5.91 Å². The average Bonchev–Trinajstić information content (AvgIpc) is 3.24. The van der Waals surface area contributed by atoms with E-state index in [9.17, 15) is 9.90 Å². The van der Waals surface area contributed by atoms with Crippen LogP contribution in [0, 0.1) is 0 Å². The third-order valence-electron chi connectivity index (χ3n) is 5.92. The Hall–Kier alpha value is -2.48. The lowest BCUT2D eigenvalue weighted by molar-refractivity contribution is -0.128. The van der Waals surface area contributed by atoms with Gasteiger partial charge < -0.3 is 21.1 Å². The summed E-state index contributed by atoms with van der Waals surface area (Å²) < 4.78 is 0. The topological polar surface area (TPSA) is 103 Å². The second kappa shape index (κ2) is 8.71. The first-order valence-corrected chi connectivity index (χ1v) is 10.6. The van der Waals surface area contributed by atoms with Crippen LogP contribution < -0.4 is 11.1 Å². The fraction of sp³-hybridized carbons (Fsp3) is 0.409. The zero-order chi connectivity index (χ0) is 21.1. The molecule has 3 aliphatic rings. The molecular formula is C22H26ClN5O2. The van der Waals surface area contributed by atoms with Gasteiger partial charge in [-0.2, -0.15) is 0 Å². The summed E-state index contributed by atoms with van der Waals surface area (Å²) in [6, 6.07) is 6.96. The summed E-state index contributed by atoms with van der Waals surface area (Å²) in [6.07, 6.45) is 7.88. The second-order valence-corrected chi connectivity index (χ2v) is 8.31. The molecule has 3 heterocycles. The van der Waals surface area contributed by atoms with E-state index in [0.29, 0.717) is 37.4 Å². The molecule has 0 spiro atoms. The van der Waals surface area contributed by atoms with Gasteiger partial charge in [-0.05, 0) is 43.0 Å². The highest BCUT2D eigenvalue weighted by atomic mass is 35.5. The van der Waals surface area contributed by atoms with Crippen LogP contribution >= 0.6 is 11.6 Å². The molecule has 1 fully saturated rings. The van der Waals surface area contributed by atoms with E-state index >= 15 is 0 Å². The van der Waals surface area contributed by atoms with Crippen molar-refractivity contribution in [2.24, 2.45) is 15.7 Å². The van der Waals surface area contributed by atoms with E-state index in [-0.39, 0.29) is 18.6 Å². The molecule has 0 radical (unpaired) electrons. The molecule has 1 aromatic rings. The first-order chi connectivity index (χ1) is 14.5. The normalized spacial score (nSPS) is 20.8. The minimum absolute atomic E-state index is 0.0364. The Morgan fingerprint density at radius 2 is 2.03 bits per heavy atom. The number of carbonyl (C=O) groups is 1. The van der Waals surface area contributed by atoms with Gasteiger partial charge in [0.1, 0.15) is 5.82 Å². The molecule has 1 aromatic carbocycles. The van der Waals surface area contributed by atoms with Crippen LogP contribution in [0.4, 0.5) is 0 Å². The Kier molecular flexibility index (Phi) is 6.04. The molecule has 3 aliphatic heterocycles. The number of amides is 1. The van der Waals surface area contributed by atoms with Gasteiger partial charge in [-0.15, -0.1) is 0 Å². The lowest BCUT2D eigenvalue weighted by Crippen LogP contribution is -2.59. The highest BCUT2D eigenvalue weighted by Gasteiger charge is 2.39. The van der Waals surface area contributed by atoms with Gasteiger partial charge in [0.25, 0.3) is 0 Å². The maximum absolute atomic E-state index is 13.1. The standard InChI is InChI=1S/C22H26ClN5O2/c23-16-3-1-15(2-4-16)18(7-14-29)27-21(30)22(24)8-12-28(13-9-22)20-17-5-10-25-19(17)6-11-26-20/h1-5,10-11,18,29H,6-9,12-14,24H2,(H,27,30)/t18-/m0/s1. The molecule has 0 aromatic heterocycles. The zero-order valence-corrected chi connectivity index (χ0v) is 17.5. The molecule has 4 rings (SSSR count). The molecule has 1 amide bonds. The van der Waals surface area contributed by atoms with Crippen LogP contribution in [0.1, 0.15) is 37.3 Å². The highest BCUT2D eigenvalue weighted by Crippen LogP contribution is 2.29. The van der Waals surface area contributed by atoms with E-state index in [1.54, 1.807) is 12.1 Å². The molecule has 0 bridgehead atoms. The fourth-order valence-corrected chi connectivity index (χ4v) is 4.19. The predicted molar refractivity (Wildman–Crippen MR) is 118 cm³/mol. The smallest absolute Gasteiger partial charge is 0.240 e. The van der Waals surface area contributed by atoms with E-state index in [2.05, 4.69) is 20.2 Å². The quantitative estimate of drug-likeness (QED) is 0.648. The van der Waals surface area contributed by atoms with E-state index in [4.69, 9.17) is 17.3 Å². The summed E-state index contributed by atoms with van der Waals surface area (Å²) in [5.74, 6) is 0.721. The van der Waals surface area contributed by atoms with Gasteiger partial charge in [0.05, 0.1) is 17.3 Å². The minimum Gasteiger partial charge on any atom is -0.396 e. The first kappa shape index (κ1) is 20.8. The summed E-state index contributed by atoms with van der Waals surface area (Å²) in [4.78, 5) is 24.2. The number of hydrogen-bond acceptors (Lipinski definition) is 6. The van der Waals surface area contributed by atoms with Crippen molar-refractivity contribution in [1.82, 2.24) is 10.2 Å². The number of allylic oxidation sites excluding steroid dienone is 2. The maximum atomic E-state index is 13.1. The summed E-state index contributed by atoms with van der Waals surface area (Å²) >= 11 is 5.97. The minimum atomic E-state index is -0.956. The summed E-state index contributed by atoms with van der Waals surface area (Å²) in [7, 11) is 0. The Balaban J connectivity index is 1.42. The number of benzene rings is 1. The van der Waals surface area contributed by atoms with Crippen molar-refractivity contribution in [3.63, 3.8) is 0 Å². The number of nitrogens with two attached hydrogens (primary N) is 1. The van der Waals surface area contributed by atoms with Crippen LogP contribution in [-0.4, -0.2) is 53.1 Å². The number of halogens is 1. The average molecular weight is 428 g/mol. The zero-order valence-electron chi connectivity index (χ0n) is 16.7. The van der Waals surface area contributed by atoms with Gasteiger partial charge >= 0.3 is 0 Å². The van der Waals surface area contributed by atoms with Gasteiger partial charge in [0.15, 0.2) is 0 Å². The third-order valence-corrected chi connectivity index (χ3v) is 6.18. The first-order valence-electron chi connectivity index (χ1n) is 10.2. The Morgan fingerprint density at radius 3 is 2.73 bits per heavy atom. The van der Waals surface area contributed by atoms with Crippen molar-refractivity contribution in [3.05, 3.63) is 58.5 Å². The van der Waals surface area contributed by atoms with E-state index in [1.807, 2.05) is 30.6 Å². The summed E-state index contributed by atoms with van der Waals surface area (Å²) in [5.41, 5.74) is 8.58. The van der Waals surface area contributed by atoms with E-state index in [0.717, 1.165) is 29.1 Å². The number of hydrogen-bond donors (Lipinski definition) is 3. The summed E-state index contributed by atoms with van der Waals surface area (Å²) in [5, 5.41) is 13.1. The molecule has 1 atom stereocenters. The van der Waals surface area contributed by atoms with Crippen LogP contribution in [-0.2, 0) is 4.79 Å². The van der Waals surface area contributed by atoms with Crippen LogP contribution in [0.5, 0.6) is 0 Å². The van der Waals surface area contributed by atoms with Crippen LogP contribution in [0.2, 0.25) is 5.02 Å². The third kappa shape index (κ3) is 4.19. The lowest BCUT2D eigenvalue weighted by Gasteiger charge is -2.40. The van der Waals surface area contributed by atoms with E-state index < -0.39 is 5.54 Å². The number of aliphatic hydroxyl groups excluding tert-OH is 1. The second-order valence-electron chi connectivity index (χ2n) is 7.88. The number of likely N-dealkylation sites (tertiary alicyclic amines) is 1. The van der Waals surface area contributed by atoms with Crippen molar-refractivity contribution in [2.45, 2.75) is 37.3 Å². The van der Waals surface area contributed by atoms with Crippen molar-refractivity contribution in [3.8, 4) is 0 Å². The SMILES string of the molecule is NC1(C(=O)N[C@@H](CCO)c2ccc(Cl)cc2)CCN(C2=C3C=CN=C3CC=N2)CC1. The van der Waals surface area contributed by atoms with Gasteiger partial charge in [-0.25, -0.2) is 4.99 Å². The summed E-state index contributed by atoms with van der Waals surface area (Å²) in [6.45, 7) is 1.25. The number of fused-ring (bicyclic) bond motifs is 1. The number of rotatable bonds is 6. The number of piperidine rings is 1. The van der Waals surface area contributed by atoms with Crippen molar-refractivity contribution >= 4 is 29.4 Å². The molecule has 158 valence electrons. The number of aliphatic imine (C=N–C) groups is 2. The molecule has 1 saturated heterocycles. The molecule has 0 unspecified atom stereocenters. The van der Waals surface area contributed by atoms with Gasteiger partial charge in [-0.1, -0.05) is 23.7 Å². The number of aliphatic hydroxyl groups is 1. The lowest BCUT2D eigenvalue weighted by atomic mass is 9.86. The number of carbonyl (C=O) groups excluding carboxylic acids is 1. The molecule has 4 N–H and O–H groups in total. The Morgan fingerprint density at radius 1 is 1.30 bits per heavy atom. The molecule has 8 heteroatoms. The molecule has 7 nitrogen and oxygen atoms in total. The van der Waals surface area contributed by atoms with Crippen LogP contribution in [0.3, 0.4) is 0 Å². The van der Waals surface area contributed by atoms with Gasteiger partial charge in [-0.3, -0.25) is 9.79 Å². The van der Waals surface area contributed by atoms with Crippen LogP contribution in [0.25, 0.3) is 0 Å². The van der Waals surface area contributed by atoms with Gasteiger partial charge in [0, 0.05) is 49.1 Å². The van der Waals surface area contributed by atoms with E-state index in [1.165, 1.54) is 0 Å². The molecule has 0 saturated carbocycles. The fourth-order valence-electron chi connectivity index (χ4n) is 4.07. The molecular weight excluding hydrogens is 402 g/mol. The van der Waals surface area contributed by atoms with Crippen LogP contribution in [0.15, 0.2) is 57.9 Å². The maximum Gasteiger partial charge on any atom is 0.240 e. The Bertz CT molecular complexity index is 927. The number of nitrogens with one attached hydrogen (secondary N) is 1.